The summed E-state index contributed by atoms with van der Waals surface area (Å²) in [6.07, 6.45) is 7.06. The third-order valence-corrected chi connectivity index (χ3v) is 6.02. The van der Waals surface area contributed by atoms with Gasteiger partial charge >= 0.3 is 24.1 Å². The predicted octanol–water partition coefficient (Wildman–Crippen LogP) is 4.71. The number of unbranched alkanes of at least 4 members (excludes halogenated alkanes) is 6. The Balaban J connectivity index is 5.14. The van der Waals surface area contributed by atoms with Crippen molar-refractivity contribution in [1.82, 2.24) is 10.6 Å². The van der Waals surface area contributed by atoms with Gasteiger partial charge in [0, 0.05) is 25.9 Å². The van der Waals surface area contributed by atoms with E-state index in [2.05, 4.69) is 17.6 Å². The number of carbonyl (C=O) groups excluding carboxylic acids is 4. The number of hydrogen-bond acceptors (Lipinski definition) is 8. The van der Waals surface area contributed by atoms with Crippen molar-refractivity contribution in [2.45, 2.75) is 110 Å². The summed E-state index contributed by atoms with van der Waals surface area (Å²) in [5, 5.41) is 5.38. The molecule has 2 unspecified atom stereocenters. The van der Waals surface area contributed by atoms with Gasteiger partial charge in [-0.25, -0.2) is 9.59 Å². The van der Waals surface area contributed by atoms with E-state index in [0.29, 0.717) is 43.5 Å². The zero-order valence-electron chi connectivity index (χ0n) is 25.9. The average Bonchev–Trinajstić information content (AvgIpc) is 2.87. The summed E-state index contributed by atoms with van der Waals surface area (Å²) in [7, 11) is 5.94. The number of alkyl carbamates (subject to hydrolysis) is 2. The Bertz CT molecular complexity index is 712. The maximum atomic E-state index is 12.7. The zero-order chi connectivity index (χ0) is 30.2. The summed E-state index contributed by atoms with van der Waals surface area (Å²) in [5.74, 6) is -0.615. The molecule has 0 aromatic heterocycles. The number of amides is 2. The van der Waals surface area contributed by atoms with E-state index in [0.717, 1.165) is 19.3 Å². The number of hydrogen-bond donors (Lipinski definition) is 2. The Labute approximate surface area is 241 Å². The van der Waals surface area contributed by atoms with Crippen molar-refractivity contribution in [3.63, 3.8) is 0 Å². The Morgan fingerprint density at radius 1 is 0.625 bits per heavy atom. The van der Waals surface area contributed by atoms with Crippen LogP contribution in [-0.4, -0.2) is 94.8 Å². The molecule has 0 aliphatic heterocycles. The van der Waals surface area contributed by atoms with Gasteiger partial charge in [-0.15, -0.1) is 0 Å². The van der Waals surface area contributed by atoms with Gasteiger partial charge in [-0.3, -0.25) is 9.59 Å². The fourth-order valence-corrected chi connectivity index (χ4v) is 4.06. The summed E-state index contributed by atoms with van der Waals surface area (Å²) in [5.41, 5.74) is 0. The lowest BCUT2D eigenvalue weighted by Gasteiger charge is -2.33. The minimum absolute atomic E-state index is 0.205. The molecule has 0 spiro atoms. The van der Waals surface area contributed by atoms with Crippen molar-refractivity contribution >= 4 is 24.1 Å². The van der Waals surface area contributed by atoms with Crippen LogP contribution in [0.1, 0.15) is 97.8 Å². The molecule has 2 atom stereocenters. The fraction of sp³-hybridized carbons (Fsp3) is 0.862. The molecule has 0 saturated carbocycles. The first-order valence-electron chi connectivity index (χ1n) is 15.0. The highest BCUT2D eigenvalue weighted by molar-refractivity contribution is 5.70. The van der Waals surface area contributed by atoms with E-state index in [9.17, 15) is 19.2 Å². The molecular weight excluding hydrogens is 518 g/mol. The predicted molar refractivity (Wildman–Crippen MR) is 154 cm³/mol. The summed E-state index contributed by atoms with van der Waals surface area (Å²) >= 11 is 0. The standard InChI is InChI=1S/C29H55N3O8/c1-7-10-11-12-13-14-15-18-24(39-28(35)30-21-16-19-26(33)37-8-2)25(23-32(4,5)6)40-29(36)31-22-17-20-27(34)38-9-3/h24-25H,7-23H2,1-6H3,(H-,30,31,35,36)/p+1. The average molecular weight is 575 g/mol. The summed E-state index contributed by atoms with van der Waals surface area (Å²) in [4.78, 5) is 48.4. The molecule has 0 aliphatic rings. The number of nitrogens with zero attached hydrogens (tertiary/aromatic N) is 1. The van der Waals surface area contributed by atoms with E-state index in [1.165, 1.54) is 25.7 Å². The number of esters is 2. The van der Waals surface area contributed by atoms with E-state index in [-0.39, 0.29) is 37.9 Å². The number of rotatable bonds is 23. The number of likely N-dealkylation sites (N-methyl/N-ethyl adjacent to an activating group) is 1. The molecule has 0 heterocycles. The monoisotopic (exact) mass is 574 g/mol. The highest BCUT2D eigenvalue weighted by atomic mass is 16.6. The van der Waals surface area contributed by atoms with Gasteiger partial charge in [0.1, 0.15) is 12.6 Å². The van der Waals surface area contributed by atoms with Crippen molar-refractivity contribution in [2.24, 2.45) is 0 Å². The molecular formula is C29H56N3O8+. The van der Waals surface area contributed by atoms with Crippen molar-refractivity contribution in [2.75, 3.05) is 54.0 Å². The highest BCUT2D eigenvalue weighted by Gasteiger charge is 2.33. The van der Waals surface area contributed by atoms with Crippen LogP contribution in [0.4, 0.5) is 9.59 Å². The van der Waals surface area contributed by atoms with Crippen molar-refractivity contribution in [3.8, 4) is 0 Å². The van der Waals surface area contributed by atoms with E-state index >= 15 is 0 Å². The van der Waals surface area contributed by atoms with Crippen LogP contribution in [0.3, 0.4) is 0 Å². The molecule has 2 amide bonds. The number of ether oxygens (including phenoxy) is 4. The van der Waals surface area contributed by atoms with E-state index in [1.807, 2.05) is 21.1 Å². The molecule has 0 aromatic carbocycles. The lowest BCUT2D eigenvalue weighted by Crippen LogP contribution is -2.50. The first kappa shape index (κ1) is 37.4. The Morgan fingerprint density at radius 3 is 1.52 bits per heavy atom. The fourth-order valence-electron chi connectivity index (χ4n) is 4.06. The van der Waals surface area contributed by atoms with Crippen molar-refractivity contribution < 1.29 is 42.6 Å². The molecule has 0 bridgehead atoms. The molecule has 11 nitrogen and oxygen atoms in total. The van der Waals surface area contributed by atoms with Gasteiger partial charge < -0.3 is 34.1 Å². The van der Waals surface area contributed by atoms with Crippen LogP contribution in [0, 0.1) is 0 Å². The van der Waals surface area contributed by atoms with Gasteiger partial charge in [0.25, 0.3) is 0 Å². The third kappa shape index (κ3) is 22.3. The van der Waals surface area contributed by atoms with Gasteiger partial charge in [0.05, 0.1) is 34.4 Å². The van der Waals surface area contributed by atoms with Crippen LogP contribution in [0.15, 0.2) is 0 Å². The lowest BCUT2D eigenvalue weighted by molar-refractivity contribution is -0.873. The van der Waals surface area contributed by atoms with Crippen molar-refractivity contribution in [3.05, 3.63) is 0 Å². The van der Waals surface area contributed by atoms with Gasteiger partial charge in [0.2, 0.25) is 0 Å². The minimum Gasteiger partial charge on any atom is -0.466 e. The molecule has 234 valence electrons. The summed E-state index contributed by atoms with van der Waals surface area (Å²) in [6, 6.07) is 0. The van der Waals surface area contributed by atoms with Gasteiger partial charge in [-0.05, 0) is 39.5 Å². The lowest BCUT2D eigenvalue weighted by atomic mass is 10.0. The first-order valence-corrected chi connectivity index (χ1v) is 15.0. The normalized spacial score (nSPS) is 12.7. The highest BCUT2D eigenvalue weighted by Crippen LogP contribution is 2.18. The second-order valence-corrected chi connectivity index (χ2v) is 10.9. The third-order valence-electron chi connectivity index (χ3n) is 6.02. The zero-order valence-corrected chi connectivity index (χ0v) is 25.9. The maximum absolute atomic E-state index is 12.7. The molecule has 0 rings (SSSR count). The first-order chi connectivity index (χ1) is 19.0. The minimum atomic E-state index is -0.671. The molecule has 0 aliphatic carbocycles. The molecule has 0 fully saturated rings. The Morgan fingerprint density at radius 2 is 1.07 bits per heavy atom. The van der Waals surface area contributed by atoms with Crippen LogP contribution in [0.25, 0.3) is 0 Å². The smallest absolute Gasteiger partial charge is 0.407 e. The molecule has 0 aromatic rings. The second-order valence-electron chi connectivity index (χ2n) is 10.9. The molecule has 40 heavy (non-hydrogen) atoms. The molecule has 0 saturated heterocycles. The van der Waals surface area contributed by atoms with E-state index in [4.69, 9.17) is 18.9 Å². The van der Waals surface area contributed by atoms with Gasteiger partial charge in [0.15, 0.2) is 6.10 Å². The Kier molecular flexibility index (Phi) is 21.7. The molecule has 11 heteroatoms. The quantitative estimate of drug-likeness (QED) is 0.0777. The number of quaternary nitrogens is 1. The largest absolute Gasteiger partial charge is 0.466 e. The summed E-state index contributed by atoms with van der Waals surface area (Å²) in [6.45, 7) is 7.29. The number of carbonyl (C=O) groups is 4. The van der Waals surface area contributed by atoms with E-state index < -0.39 is 24.4 Å². The molecule has 2 N–H and O–H groups in total. The van der Waals surface area contributed by atoms with Crippen LogP contribution in [-0.2, 0) is 28.5 Å². The SMILES string of the molecule is CCCCCCCCCC(OC(=O)NCCCC(=O)OCC)C(C[N+](C)(C)C)OC(=O)NCCCC(=O)OCC. The molecule has 0 radical (unpaired) electrons. The van der Waals surface area contributed by atoms with Gasteiger partial charge in [-0.2, -0.15) is 0 Å². The Hall–Kier alpha value is -2.56. The topological polar surface area (TPSA) is 129 Å². The van der Waals surface area contributed by atoms with E-state index in [1.54, 1.807) is 13.8 Å². The van der Waals surface area contributed by atoms with Crippen LogP contribution in [0.2, 0.25) is 0 Å². The van der Waals surface area contributed by atoms with Crippen LogP contribution in [0.5, 0.6) is 0 Å². The summed E-state index contributed by atoms with van der Waals surface area (Å²) < 4.78 is 21.9. The van der Waals surface area contributed by atoms with Crippen molar-refractivity contribution in [1.29, 1.82) is 0 Å². The van der Waals surface area contributed by atoms with Gasteiger partial charge in [-0.1, -0.05) is 45.4 Å². The maximum Gasteiger partial charge on any atom is 0.407 e. The number of nitrogens with one attached hydrogen (secondary N) is 2. The van der Waals surface area contributed by atoms with Crippen LogP contribution >= 0.6 is 0 Å². The van der Waals surface area contributed by atoms with Crippen LogP contribution < -0.4 is 10.6 Å². The second kappa shape index (κ2) is 23.2.